The van der Waals surface area contributed by atoms with Gasteiger partial charge < -0.3 is 13.8 Å². The number of aryl methyl sites for hydroxylation is 2. The van der Waals surface area contributed by atoms with Crippen LogP contribution in [0.3, 0.4) is 0 Å². The van der Waals surface area contributed by atoms with Gasteiger partial charge in [0.2, 0.25) is 15.8 Å². The summed E-state index contributed by atoms with van der Waals surface area (Å²) in [5.74, 6) is 0.734. The highest BCUT2D eigenvalue weighted by Gasteiger charge is 2.21. The van der Waals surface area contributed by atoms with E-state index in [-0.39, 0.29) is 17.2 Å². The van der Waals surface area contributed by atoms with E-state index in [1.54, 1.807) is 43.6 Å². The fourth-order valence-electron chi connectivity index (χ4n) is 3.36. The van der Waals surface area contributed by atoms with Gasteiger partial charge in [-0.3, -0.25) is 9.78 Å². The molecule has 34 heavy (non-hydrogen) atoms. The van der Waals surface area contributed by atoms with Crippen LogP contribution < -0.4 is 0 Å². The summed E-state index contributed by atoms with van der Waals surface area (Å²) in [7, 11) is 1.20. The van der Waals surface area contributed by atoms with Gasteiger partial charge in [0.05, 0.1) is 22.3 Å². The minimum atomic E-state index is -3.57. The van der Waals surface area contributed by atoms with Gasteiger partial charge in [0, 0.05) is 45.5 Å². The highest BCUT2D eigenvalue weighted by Crippen LogP contribution is 2.23. The maximum atomic E-state index is 12.4. The minimum absolute atomic E-state index is 0.0773. The Kier molecular flexibility index (Phi) is 6.44. The monoisotopic (exact) mass is 484 g/mol. The van der Waals surface area contributed by atoms with Crippen molar-refractivity contribution in [2.45, 2.75) is 30.8 Å². The third-order valence-electron chi connectivity index (χ3n) is 5.29. The molecule has 4 rings (SSSR count). The lowest BCUT2D eigenvalue weighted by atomic mass is 10.3. The van der Waals surface area contributed by atoms with Crippen molar-refractivity contribution in [3.8, 4) is 11.4 Å². The highest BCUT2D eigenvalue weighted by molar-refractivity contribution is 7.89. The zero-order chi connectivity index (χ0) is 24.5. The first-order valence-electron chi connectivity index (χ1n) is 10.5. The second-order valence-corrected chi connectivity index (χ2v) is 10.0. The van der Waals surface area contributed by atoms with Gasteiger partial charge in [-0.1, -0.05) is 5.16 Å². The van der Waals surface area contributed by atoms with Gasteiger partial charge in [0.15, 0.2) is 6.10 Å². The number of pyridine rings is 1. The van der Waals surface area contributed by atoms with Crippen molar-refractivity contribution < 1.29 is 22.5 Å². The van der Waals surface area contributed by atoms with Crippen LogP contribution >= 0.6 is 0 Å². The van der Waals surface area contributed by atoms with E-state index in [2.05, 4.69) is 20.1 Å². The molecule has 1 unspecified atom stereocenters. The Hall–Kier alpha value is -3.64. The molecule has 1 atom stereocenters. The molecule has 0 spiro atoms. The lowest BCUT2D eigenvalue weighted by Gasteiger charge is -2.11. The molecule has 1 aromatic carbocycles. The third kappa shape index (κ3) is 4.68. The van der Waals surface area contributed by atoms with E-state index >= 15 is 0 Å². The smallest absolute Gasteiger partial charge is 0.307 e. The summed E-state index contributed by atoms with van der Waals surface area (Å²) >= 11 is 0. The number of benzene rings is 1. The molecule has 12 heteroatoms. The fraction of sp³-hybridized carbons (Fsp3) is 0.318. The minimum Gasteiger partial charge on any atom is -0.453 e. The van der Waals surface area contributed by atoms with E-state index in [0.717, 1.165) is 9.82 Å². The van der Waals surface area contributed by atoms with Gasteiger partial charge in [-0.2, -0.15) is 4.98 Å². The number of ether oxygens (including phenoxy) is 1. The molecule has 0 N–H and O–H groups in total. The van der Waals surface area contributed by atoms with Crippen molar-refractivity contribution in [1.29, 1.82) is 0 Å². The predicted molar refractivity (Wildman–Crippen MR) is 122 cm³/mol. The van der Waals surface area contributed by atoms with Crippen LogP contribution in [0, 0.1) is 0 Å². The SMILES string of the molecule is CC(OC(=O)CCc1nc2cc(S(=O)(=O)N(C)C)ccc2n1C)c1nc(-c2cccnc2)no1. The zero-order valence-corrected chi connectivity index (χ0v) is 20.0. The number of hydrogen-bond acceptors (Lipinski definition) is 9. The van der Waals surface area contributed by atoms with Crippen LogP contribution in [0.15, 0.2) is 52.1 Å². The summed E-state index contributed by atoms with van der Waals surface area (Å²) in [5.41, 5.74) is 2.00. The van der Waals surface area contributed by atoms with Crippen LogP contribution in [0.5, 0.6) is 0 Å². The Labute approximate surface area is 196 Å². The normalized spacial score (nSPS) is 12.9. The van der Waals surface area contributed by atoms with Crippen molar-refractivity contribution >= 4 is 27.0 Å². The van der Waals surface area contributed by atoms with E-state index in [0.29, 0.717) is 29.1 Å². The molecule has 0 aliphatic heterocycles. The second kappa shape index (κ2) is 9.31. The van der Waals surface area contributed by atoms with E-state index < -0.39 is 22.1 Å². The van der Waals surface area contributed by atoms with Crippen LogP contribution in [0.25, 0.3) is 22.4 Å². The standard InChI is InChI=1S/C22H24N6O5S/c1-14(22-25-21(26-33-22)15-6-5-11-23-13-15)32-20(29)10-9-19-24-17-12-16(34(30,31)27(2)3)7-8-18(17)28(19)4/h5-8,11-14H,9-10H2,1-4H3. The number of carbonyl (C=O) groups excluding carboxylic acids is 1. The van der Waals surface area contributed by atoms with Crippen LogP contribution in [0.4, 0.5) is 0 Å². The van der Waals surface area contributed by atoms with Gasteiger partial charge in [-0.25, -0.2) is 17.7 Å². The molecule has 0 saturated carbocycles. The van der Waals surface area contributed by atoms with E-state index in [4.69, 9.17) is 9.26 Å². The number of rotatable bonds is 8. The van der Waals surface area contributed by atoms with Crippen LogP contribution in [0.2, 0.25) is 0 Å². The lowest BCUT2D eigenvalue weighted by molar-refractivity contribution is -0.149. The molecule has 0 saturated heterocycles. The first-order chi connectivity index (χ1) is 16.2. The third-order valence-corrected chi connectivity index (χ3v) is 7.10. The number of hydrogen-bond donors (Lipinski definition) is 0. The molecule has 3 aromatic heterocycles. The number of imidazole rings is 1. The highest BCUT2D eigenvalue weighted by atomic mass is 32.2. The van der Waals surface area contributed by atoms with Crippen LogP contribution in [0.1, 0.15) is 31.2 Å². The average molecular weight is 485 g/mol. The molecule has 3 heterocycles. The second-order valence-electron chi connectivity index (χ2n) is 7.86. The predicted octanol–water partition coefficient (Wildman–Crippen LogP) is 2.51. The van der Waals surface area contributed by atoms with E-state index in [1.807, 2.05) is 11.6 Å². The number of esters is 1. The molecule has 0 bridgehead atoms. The van der Waals surface area contributed by atoms with E-state index in [1.165, 1.54) is 20.2 Å². The average Bonchev–Trinajstić information content (AvgIpc) is 3.43. The Morgan fingerprint density at radius 3 is 2.74 bits per heavy atom. The number of aromatic nitrogens is 5. The molecule has 0 radical (unpaired) electrons. The number of carbonyl (C=O) groups is 1. The van der Waals surface area contributed by atoms with Gasteiger partial charge in [-0.05, 0) is 37.3 Å². The number of sulfonamides is 1. The molecular formula is C22H24N6O5S. The molecule has 0 amide bonds. The molecule has 11 nitrogen and oxygen atoms in total. The summed E-state index contributed by atoms with van der Waals surface area (Å²) in [6.45, 7) is 1.65. The van der Waals surface area contributed by atoms with Crippen molar-refractivity contribution in [2.75, 3.05) is 14.1 Å². The lowest BCUT2D eigenvalue weighted by Crippen LogP contribution is -2.22. The molecular weight excluding hydrogens is 460 g/mol. The fourth-order valence-corrected chi connectivity index (χ4v) is 4.28. The Morgan fingerprint density at radius 2 is 2.03 bits per heavy atom. The Balaban J connectivity index is 1.41. The maximum absolute atomic E-state index is 12.4. The van der Waals surface area contributed by atoms with Crippen LogP contribution in [-0.2, 0) is 33.0 Å². The van der Waals surface area contributed by atoms with Crippen LogP contribution in [-0.4, -0.2) is 57.5 Å². The summed E-state index contributed by atoms with van der Waals surface area (Å²) in [6.07, 6.45) is 2.93. The van der Waals surface area contributed by atoms with E-state index in [9.17, 15) is 13.2 Å². The largest absolute Gasteiger partial charge is 0.453 e. The van der Waals surface area contributed by atoms with Crippen molar-refractivity contribution in [3.05, 3.63) is 54.4 Å². The Bertz CT molecular complexity index is 1430. The summed E-state index contributed by atoms with van der Waals surface area (Å²) in [4.78, 5) is 25.4. The van der Waals surface area contributed by atoms with Crippen molar-refractivity contribution in [3.63, 3.8) is 0 Å². The summed E-state index contributed by atoms with van der Waals surface area (Å²) in [5, 5.41) is 3.90. The first-order valence-corrected chi connectivity index (χ1v) is 11.9. The molecule has 178 valence electrons. The first kappa shape index (κ1) is 23.5. The topological polar surface area (TPSA) is 133 Å². The number of fused-ring (bicyclic) bond motifs is 1. The van der Waals surface area contributed by atoms with Gasteiger partial charge >= 0.3 is 5.97 Å². The zero-order valence-electron chi connectivity index (χ0n) is 19.2. The van der Waals surface area contributed by atoms with Gasteiger partial charge in [0.25, 0.3) is 5.89 Å². The van der Waals surface area contributed by atoms with Gasteiger partial charge in [0.1, 0.15) is 5.82 Å². The quantitative estimate of drug-likeness (QED) is 0.346. The van der Waals surface area contributed by atoms with Gasteiger partial charge in [-0.15, -0.1) is 0 Å². The molecule has 0 aliphatic carbocycles. The van der Waals surface area contributed by atoms with Crippen molar-refractivity contribution in [2.24, 2.45) is 7.05 Å². The molecule has 4 aromatic rings. The number of nitrogens with zero attached hydrogens (tertiary/aromatic N) is 6. The summed E-state index contributed by atoms with van der Waals surface area (Å²) in [6, 6.07) is 8.34. The maximum Gasteiger partial charge on any atom is 0.307 e. The van der Waals surface area contributed by atoms with Crippen molar-refractivity contribution in [1.82, 2.24) is 29.0 Å². The Morgan fingerprint density at radius 1 is 1.24 bits per heavy atom. The summed E-state index contributed by atoms with van der Waals surface area (Å²) < 4.78 is 38.4. The molecule has 0 fully saturated rings. The molecule has 0 aliphatic rings.